The maximum absolute atomic E-state index is 6.05. The zero-order chi connectivity index (χ0) is 12.4. The summed E-state index contributed by atoms with van der Waals surface area (Å²) in [7, 11) is 0. The molecule has 92 valence electrons. The summed E-state index contributed by atoms with van der Waals surface area (Å²) in [6.45, 7) is 1.93. The van der Waals surface area contributed by atoms with Crippen molar-refractivity contribution in [3.05, 3.63) is 53.9 Å². The van der Waals surface area contributed by atoms with E-state index >= 15 is 0 Å². The largest absolute Gasteiger partial charge is 0.398 e. The van der Waals surface area contributed by atoms with Crippen molar-refractivity contribution >= 4 is 11.4 Å². The Morgan fingerprint density at radius 2 is 2.11 bits per heavy atom. The number of aromatic nitrogens is 1. The van der Waals surface area contributed by atoms with Crippen molar-refractivity contribution < 1.29 is 0 Å². The molecule has 0 amide bonds. The molecule has 1 aromatic heterocycles. The fraction of sp³-hybridized carbons (Fsp3) is 0.267. The topological polar surface area (TPSA) is 42.1 Å². The first-order valence-electron chi connectivity index (χ1n) is 6.37. The van der Waals surface area contributed by atoms with Gasteiger partial charge in [0, 0.05) is 24.1 Å². The van der Waals surface area contributed by atoms with Crippen molar-refractivity contribution in [1.29, 1.82) is 0 Å². The lowest BCUT2D eigenvalue weighted by Gasteiger charge is -2.31. The highest BCUT2D eigenvalue weighted by molar-refractivity contribution is 5.66. The zero-order valence-electron chi connectivity index (χ0n) is 10.3. The van der Waals surface area contributed by atoms with Gasteiger partial charge in [0.2, 0.25) is 0 Å². The van der Waals surface area contributed by atoms with Gasteiger partial charge in [0.05, 0.1) is 12.2 Å². The number of nitrogens with zero attached hydrogens (tertiary/aromatic N) is 2. The highest BCUT2D eigenvalue weighted by atomic mass is 15.1. The third-order valence-electron chi connectivity index (χ3n) is 3.46. The summed E-state index contributed by atoms with van der Waals surface area (Å²) in [6, 6.07) is 12.2. The van der Waals surface area contributed by atoms with Crippen LogP contribution in [0.5, 0.6) is 0 Å². The van der Waals surface area contributed by atoms with E-state index in [0.29, 0.717) is 0 Å². The highest BCUT2D eigenvalue weighted by Crippen LogP contribution is 2.31. The molecule has 1 aliphatic rings. The molecule has 0 saturated heterocycles. The Kier molecular flexibility index (Phi) is 2.89. The molecule has 0 spiro atoms. The molecular formula is C15H17N3. The SMILES string of the molecule is Nc1cccc2c1CCCN2Cc1ccccn1. The number of benzene rings is 1. The van der Waals surface area contributed by atoms with Crippen LogP contribution in [0.3, 0.4) is 0 Å². The van der Waals surface area contributed by atoms with E-state index in [1.807, 2.05) is 30.5 Å². The van der Waals surface area contributed by atoms with Gasteiger partial charge in [0.25, 0.3) is 0 Å². The van der Waals surface area contributed by atoms with Crippen molar-refractivity contribution in [2.24, 2.45) is 0 Å². The molecule has 2 N–H and O–H groups in total. The van der Waals surface area contributed by atoms with E-state index in [1.165, 1.54) is 11.3 Å². The standard InChI is InChI=1S/C15H17N3/c16-14-7-3-8-15-13(14)6-4-10-18(15)11-12-5-1-2-9-17-12/h1-3,5,7-9H,4,6,10-11,16H2. The van der Waals surface area contributed by atoms with E-state index in [1.54, 1.807) is 0 Å². The van der Waals surface area contributed by atoms with E-state index in [-0.39, 0.29) is 0 Å². The van der Waals surface area contributed by atoms with Gasteiger partial charge < -0.3 is 10.6 Å². The van der Waals surface area contributed by atoms with Crippen LogP contribution in [0.2, 0.25) is 0 Å². The third-order valence-corrected chi connectivity index (χ3v) is 3.46. The fourth-order valence-electron chi connectivity index (χ4n) is 2.58. The van der Waals surface area contributed by atoms with E-state index in [2.05, 4.69) is 22.0 Å². The number of anilines is 2. The first-order valence-corrected chi connectivity index (χ1v) is 6.37. The van der Waals surface area contributed by atoms with E-state index in [0.717, 1.165) is 37.3 Å². The molecule has 18 heavy (non-hydrogen) atoms. The molecule has 1 aliphatic heterocycles. The second-order valence-corrected chi connectivity index (χ2v) is 4.69. The molecule has 0 atom stereocenters. The minimum absolute atomic E-state index is 0.858. The maximum atomic E-state index is 6.05. The number of fused-ring (bicyclic) bond motifs is 1. The molecule has 0 saturated carbocycles. The highest BCUT2D eigenvalue weighted by Gasteiger charge is 2.18. The predicted molar refractivity (Wildman–Crippen MR) is 74.5 cm³/mol. The van der Waals surface area contributed by atoms with Crippen molar-refractivity contribution in [1.82, 2.24) is 4.98 Å². The molecule has 1 aromatic carbocycles. The molecule has 2 heterocycles. The Labute approximate surface area is 107 Å². The average molecular weight is 239 g/mol. The number of pyridine rings is 1. The van der Waals surface area contributed by atoms with Crippen LogP contribution in [-0.2, 0) is 13.0 Å². The molecule has 0 unspecified atom stereocenters. The molecule has 3 nitrogen and oxygen atoms in total. The fourth-order valence-corrected chi connectivity index (χ4v) is 2.58. The summed E-state index contributed by atoms with van der Waals surface area (Å²) in [4.78, 5) is 6.77. The Hall–Kier alpha value is -2.03. The van der Waals surface area contributed by atoms with Gasteiger partial charge in [-0.25, -0.2) is 0 Å². The van der Waals surface area contributed by atoms with Crippen LogP contribution in [0.15, 0.2) is 42.6 Å². The van der Waals surface area contributed by atoms with Crippen LogP contribution in [0.1, 0.15) is 17.7 Å². The Bertz CT molecular complexity index is 537. The van der Waals surface area contributed by atoms with Crippen LogP contribution in [0.4, 0.5) is 11.4 Å². The smallest absolute Gasteiger partial charge is 0.0602 e. The van der Waals surface area contributed by atoms with Crippen molar-refractivity contribution in [2.45, 2.75) is 19.4 Å². The van der Waals surface area contributed by atoms with Crippen LogP contribution in [0.25, 0.3) is 0 Å². The van der Waals surface area contributed by atoms with Gasteiger partial charge in [0.1, 0.15) is 0 Å². The summed E-state index contributed by atoms with van der Waals surface area (Å²) in [5.74, 6) is 0. The summed E-state index contributed by atoms with van der Waals surface area (Å²) in [5, 5.41) is 0. The van der Waals surface area contributed by atoms with Gasteiger partial charge in [-0.15, -0.1) is 0 Å². The Balaban J connectivity index is 1.90. The Morgan fingerprint density at radius 1 is 1.17 bits per heavy atom. The lowest BCUT2D eigenvalue weighted by atomic mass is 10.00. The lowest BCUT2D eigenvalue weighted by Crippen LogP contribution is -2.29. The van der Waals surface area contributed by atoms with Crippen molar-refractivity contribution in [3.8, 4) is 0 Å². The monoisotopic (exact) mass is 239 g/mol. The summed E-state index contributed by atoms with van der Waals surface area (Å²) in [6.07, 6.45) is 4.09. The van der Waals surface area contributed by atoms with E-state index in [9.17, 15) is 0 Å². The number of hydrogen-bond donors (Lipinski definition) is 1. The third kappa shape index (κ3) is 2.04. The molecule has 3 rings (SSSR count). The number of hydrogen-bond acceptors (Lipinski definition) is 3. The van der Waals surface area contributed by atoms with Gasteiger partial charge in [-0.3, -0.25) is 4.98 Å². The molecule has 0 aliphatic carbocycles. The quantitative estimate of drug-likeness (QED) is 0.819. The first kappa shape index (κ1) is 11.1. The molecule has 2 aromatic rings. The normalized spacial score (nSPS) is 14.3. The molecular weight excluding hydrogens is 222 g/mol. The van der Waals surface area contributed by atoms with E-state index in [4.69, 9.17) is 5.73 Å². The minimum Gasteiger partial charge on any atom is -0.398 e. The van der Waals surface area contributed by atoms with Gasteiger partial charge in [-0.2, -0.15) is 0 Å². The Morgan fingerprint density at radius 3 is 2.94 bits per heavy atom. The average Bonchev–Trinajstić information content (AvgIpc) is 2.41. The van der Waals surface area contributed by atoms with Gasteiger partial charge in [0.15, 0.2) is 0 Å². The van der Waals surface area contributed by atoms with Crippen molar-refractivity contribution in [2.75, 3.05) is 17.2 Å². The summed E-state index contributed by atoms with van der Waals surface area (Å²) in [5.41, 5.74) is 10.6. The summed E-state index contributed by atoms with van der Waals surface area (Å²) >= 11 is 0. The van der Waals surface area contributed by atoms with Gasteiger partial charge in [-0.05, 0) is 42.7 Å². The zero-order valence-corrected chi connectivity index (χ0v) is 10.3. The molecule has 0 bridgehead atoms. The molecule has 0 fully saturated rings. The van der Waals surface area contributed by atoms with Crippen LogP contribution < -0.4 is 10.6 Å². The second-order valence-electron chi connectivity index (χ2n) is 4.69. The summed E-state index contributed by atoms with van der Waals surface area (Å²) < 4.78 is 0. The van der Waals surface area contributed by atoms with Crippen molar-refractivity contribution in [3.63, 3.8) is 0 Å². The van der Waals surface area contributed by atoms with Crippen LogP contribution in [0, 0.1) is 0 Å². The van der Waals surface area contributed by atoms with Crippen LogP contribution in [-0.4, -0.2) is 11.5 Å². The van der Waals surface area contributed by atoms with Gasteiger partial charge >= 0.3 is 0 Å². The van der Waals surface area contributed by atoms with E-state index < -0.39 is 0 Å². The first-order chi connectivity index (χ1) is 8.84. The molecule has 0 radical (unpaired) electrons. The minimum atomic E-state index is 0.858. The molecule has 3 heteroatoms. The second kappa shape index (κ2) is 4.69. The lowest BCUT2D eigenvalue weighted by molar-refractivity contribution is 0.685. The predicted octanol–water partition coefficient (Wildman–Crippen LogP) is 2.62. The maximum Gasteiger partial charge on any atom is 0.0602 e. The number of nitrogen functional groups attached to an aromatic ring is 1. The number of nitrogens with two attached hydrogens (primary N) is 1. The number of rotatable bonds is 2. The van der Waals surface area contributed by atoms with Crippen LogP contribution >= 0.6 is 0 Å². The van der Waals surface area contributed by atoms with Gasteiger partial charge in [-0.1, -0.05) is 12.1 Å².